The van der Waals surface area contributed by atoms with Crippen LogP contribution in [0.1, 0.15) is 13.3 Å². The molecule has 6 heteroatoms. The molecule has 0 spiro atoms. The molecule has 1 aliphatic rings. The monoisotopic (exact) mass is 230 g/mol. The molecule has 0 aromatic carbocycles. The van der Waals surface area contributed by atoms with Gasteiger partial charge in [0.1, 0.15) is 6.10 Å². The number of rotatable bonds is 2. The summed E-state index contributed by atoms with van der Waals surface area (Å²) in [5, 5.41) is 19.2. The van der Waals surface area contributed by atoms with Crippen LogP contribution >= 0.6 is 0 Å². The van der Waals surface area contributed by atoms with Gasteiger partial charge in [0.15, 0.2) is 6.10 Å². The third-order valence-corrected chi connectivity index (χ3v) is 2.27. The lowest BCUT2D eigenvalue weighted by Crippen LogP contribution is -2.44. The molecule has 0 aliphatic heterocycles. The Morgan fingerprint density at radius 2 is 2.06 bits per heavy atom. The summed E-state index contributed by atoms with van der Waals surface area (Å²) in [6.45, 7) is 1.18. The molecule has 0 fully saturated rings. The lowest BCUT2D eigenvalue weighted by molar-refractivity contribution is -0.160. The Balaban J connectivity index is 2.79. The Morgan fingerprint density at radius 3 is 2.50 bits per heavy atom. The molecule has 0 unspecified atom stereocenters. The molecule has 16 heavy (non-hydrogen) atoms. The summed E-state index contributed by atoms with van der Waals surface area (Å²) >= 11 is 0. The minimum absolute atomic E-state index is 0.0122. The van der Waals surface area contributed by atoms with Crippen molar-refractivity contribution in [3.8, 4) is 0 Å². The first kappa shape index (κ1) is 12.7. The summed E-state index contributed by atoms with van der Waals surface area (Å²) in [5.74, 6) is -1.21. The van der Waals surface area contributed by atoms with Gasteiger partial charge in [-0.25, -0.2) is 4.79 Å². The van der Waals surface area contributed by atoms with E-state index >= 15 is 0 Å². The maximum Gasteiger partial charge on any atom is 0.333 e. The number of carbonyl (C=O) groups excluding carboxylic acids is 2. The highest BCUT2D eigenvalue weighted by atomic mass is 16.6. The van der Waals surface area contributed by atoms with Gasteiger partial charge in [-0.1, -0.05) is 0 Å². The summed E-state index contributed by atoms with van der Waals surface area (Å²) in [6.07, 6.45) is -2.14. The highest BCUT2D eigenvalue weighted by Crippen LogP contribution is 2.22. The summed E-state index contributed by atoms with van der Waals surface area (Å²) in [4.78, 5) is 21.9. The van der Waals surface area contributed by atoms with E-state index in [9.17, 15) is 19.8 Å². The van der Waals surface area contributed by atoms with Crippen LogP contribution in [0.25, 0.3) is 0 Å². The van der Waals surface area contributed by atoms with Gasteiger partial charge in [-0.3, -0.25) is 4.79 Å². The standard InChI is InChI=1S/C10H14O6/c1-5(11)16-9-7(12)3-6(4-8(9)13)10(14)15-2/h3,7-9,12-13H,4H2,1-2H3/t7-,8-,9+/m1/s1. The van der Waals surface area contributed by atoms with Crippen molar-refractivity contribution < 1.29 is 29.3 Å². The lowest BCUT2D eigenvalue weighted by atomic mass is 9.92. The topological polar surface area (TPSA) is 93.1 Å². The van der Waals surface area contributed by atoms with Crippen LogP contribution in [-0.2, 0) is 19.1 Å². The number of esters is 2. The van der Waals surface area contributed by atoms with E-state index in [1.54, 1.807) is 0 Å². The number of carbonyl (C=O) groups is 2. The van der Waals surface area contributed by atoms with Crippen molar-refractivity contribution in [3.05, 3.63) is 11.6 Å². The van der Waals surface area contributed by atoms with E-state index in [1.807, 2.05) is 0 Å². The average Bonchev–Trinajstić information content (AvgIpc) is 2.21. The van der Waals surface area contributed by atoms with Crippen LogP contribution < -0.4 is 0 Å². The average molecular weight is 230 g/mol. The molecule has 90 valence electrons. The van der Waals surface area contributed by atoms with Crippen LogP contribution in [0.5, 0.6) is 0 Å². The van der Waals surface area contributed by atoms with Gasteiger partial charge in [-0.15, -0.1) is 0 Å². The fourth-order valence-electron chi connectivity index (χ4n) is 1.56. The minimum atomic E-state index is -1.21. The van der Waals surface area contributed by atoms with Crippen molar-refractivity contribution in [1.82, 2.24) is 0 Å². The lowest BCUT2D eigenvalue weighted by Gasteiger charge is -2.29. The Bertz CT molecular complexity index is 321. The van der Waals surface area contributed by atoms with E-state index in [4.69, 9.17) is 4.74 Å². The molecule has 0 radical (unpaired) electrons. The predicted octanol–water partition coefficient (Wildman–Crippen LogP) is -0.857. The molecule has 1 aliphatic carbocycles. The second kappa shape index (κ2) is 5.09. The zero-order chi connectivity index (χ0) is 12.3. The van der Waals surface area contributed by atoms with Gasteiger partial charge in [0.25, 0.3) is 0 Å². The zero-order valence-electron chi connectivity index (χ0n) is 9.04. The third kappa shape index (κ3) is 2.80. The predicted molar refractivity (Wildman–Crippen MR) is 52.3 cm³/mol. The van der Waals surface area contributed by atoms with Gasteiger partial charge in [-0.05, 0) is 6.08 Å². The first-order valence-electron chi connectivity index (χ1n) is 4.78. The molecule has 0 heterocycles. The largest absolute Gasteiger partial charge is 0.466 e. The van der Waals surface area contributed by atoms with Gasteiger partial charge in [0.2, 0.25) is 0 Å². The summed E-state index contributed by atoms with van der Waals surface area (Å²) in [7, 11) is 1.21. The summed E-state index contributed by atoms with van der Waals surface area (Å²) in [5.41, 5.74) is 0.172. The van der Waals surface area contributed by atoms with Crippen LogP contribution in [0, 0.1) is 0 Å². The smallest absolute Gasteiger partial charge is 0.333 e. The Hall–Kier alpha value is -1.40. The molecule has 1 rings (SSSR count). The van der Waals surface area contributed by atoms with Gasteiger partial charge >= 0.3 is 11.9 Å². The molecule has 0 aromatic rings. The van der Waals surface area contributed by atoms with Gasteiger partial charge < -0.3 is 19.7 Å². The molecule has 3 atom stereocenters. The number of aliphatic hydroxyl groups is 2. The van der Waals surface area contributed by atoms with Crippen LogP contribution in [-0.4, -0.2) is 47.6 Å². The van der Waals surface area contributed by atoms with Crippen molar-refractivity contribution in [2.45, 2.75) is 31.7 Å². The Morgan fingerprint density at radius 1 is 1.44 bits per heavy atom. The quantitative estimate of drug-likeness (QED) is 0.600. The van der Waals surface area contributed by atoms with Gasteiger partial charge in [0, 0.05) is 18.9 Å². The number of methoxy groups -OCH3 is 1. The molecule has 0 bridgehead atoms. The second-order valence-electron chi connectivity index (χ2n) is 3.52. The molecular weight excluding hydrogens is 216 g/mol. The maximum atomic E-state index is 11.2. The fraction of sp³-hybridized carbons (Fsp3) is 0.600. The van der Waals surface area contributed by atoms with E-state index < -0.39 is 30.3 Å². The highest BCUT2D eigenvalue weighted by Gasteiger charge is 2.35. The Kier molecular flexibility index (Phi) is 4.03. The number of aliphatic hydroxyl groups excluding tert-OH is 2. The van der Waals surface area contributed by atoms with Crippen LogP contribution in [0.2, 0.25) is 0 Å². The van der Waals surface area contributed by atoms with Crippen LogP contribution in [0.4, 0.5) is 0 Å². The molecule has 0 saturated heterocycles. The van der Waals surface area contributed by atoms with E-state index in [1.165, 1.54) is 20.1 Å². The second-order valence-corrected chi connectivity index (χ2v) is 3.52. The van der Waals surface area contributed by atoms with Crippen LogP contribution in [0.15, 0.2) is 11.6 Å². The van der Waals surface area contributed by atoms with E-state index in [-0.39, 0.29) is 12.0 Å². The van der Waals surface area contributed by atoms with Crippen molar-refractivity contribution >= 4 is 11.9 Å². The molecule has 6 nitrogen and oxygen atoms in total. The van der Waals surface area contributed by atoms with Crippen molar-refractivity contribution in [2.24, 2.45) is 0 Å². The summed E-state index contributed by atoms with van der Waals surface area (Å²) < 4.78 is 9.21. The number of ether oxygens (including phenoxy) is 2. The molecule has 0 saturated carbocycles. The normalized spacial score (nSPS) is 29.2. The minimum Gasteiger partial charge on any atom is -0.466 e. The van der Waals surface area contributed by atoms with Crippen LogP contribution in [0.3, 0.4) is 0 Å². The molecule has 0 aromatic heterocycles. The number of hydrogen-bond acceptors (Lipinski definition) is 6. The Labute approximate surface area is 92.5 Å². The van der Waals surface area contributed by atoms with Gasteiger partial charge in [0.05, 0.1) is 13.2 Å². The van der Waals surface area contributed by atoms with Crippen molar-refractivity contribution in [3.63, 3.8) is 0 Å². The van der Waals surface area contributed by atoms with Crippen molar-refractivity contribution in [1.29, 1.82) is 0 Å². The van der Waals surface area contributed by atoms with E-state index in [2.05, 4.69) is 4.74 Å². The SMILES string of the molecule is COC(=O)C1=C[C@@H](O)[C@H](OC(C)=O)[C@H](O)C1. The zero-order valence-corrected chi connectivity index (χ0v) is 9.04. The summed E-state index contributed by atoms with van der Waals surface area (Å²) in [6, 6.07) is 0. The number of hydrogen-bond donors (Lipinski definition) is 2. The van der Waals surface area contributed by atoms with E-state index in [0.29, 0.717) is 0 Å². The molecular formula is C10H14O6. The fourth-order valence-corrected chi connectivity index (χ4v) is 1.56. The van der Waals surface area contributed by atoms with Crippen molar-refractivity contribution in [2.75, 3.05) is 7.11 Å². The van der Waals surface area contributed by atoms with Gasteiger partial charge in [-0.2, -0.15) is 0 Å². The molecule has 0 amide bonds. The molecule has 2 N–H and O–H groups in total. The highest BCUT2D eigenvalue weighted by molar-refractivity contribution is 5.88. The first-order valence-corrected chi connectivity index (χ1v) is 4.78. The third-order valence-electron chi connectivity index (χ3n) is 2.27. The first-order chi connectivity index (χ1) is 7.45. The van der Waals surface area contributed by atoms with E-state index in [0.717, 1.165) is 0 Å². The maximum absolute atomic E-state index is 11.2.